The molecular weight excluding hydrogens is 284 g/mol. The quantitative estimate of drug-likeness (QED) is 0.878. The predicted octanol–water partition coefficient (Wildman–Crippen LogP) is 2.29. The molecule has 0 aromatic heterocycles. The van der Waals surface area contributed by atoms with Gasteiger partial charge in [-0.15, -0.1) is 0 Å². The predicted molar refractivity (Wildman–Crippen MR) is 74.4 cm³/mol. The second kappa shape index (κ2) is 6.11. The van der Waals surface area contributed by atoms with Gasteiger partial charge in [-0.25, -0.2) is 9.59 Å². The van der Waals surface area contributed by atoms with Crippen LogP contribution in [0.15, 0.2) is 18.2 Å². The van der Waals surface area contributed by atoms with Crippen LogP contribution < -0.4 is 5.32 Å². The summed E-state index contributed by atoms with van der Waals surface area (Å²) in [6.07, 6.45) is 0. The number of morpholine rings is 1. The molecular formula is C13H15ClN2O4. The molecule has 0 aliphatic carbocycles. The Morgan fingerprint density at radius 2 is 2.25 bits per heavy atom. The van der Waals surface area contributed by atoms with Gasteiger partial charge in [0.15, 0.2) is 0 Å². The van der Waals surface area contributed by atoms with E-state index in [4.69, 9.17) is 21.4 Å². The molecule has 1 aromatic rings. The number of amides is 2. The van der Waals surface area contributed by atoms with Crippen LogP contribution in [0.25, 0.3) is 0 Å². The molecule has 0 bridgehead atoms. The number of ether oxygens (including phenoxy) is 1. The molecule has 6 nitrogen and oxygen atoms in total. The van der Waals surface area contributed by atoms with Crippen molar-refractivity contribution in [3.8, 4) is 0 Å². The van der Waals surface area contributed by atoms with E-state index in [1.165, 1.54) is 18.2 Å². The average molecular weight is 299 g/mol. The Bertz CT molecular complexity index is 535. The summed E-state index contributed by atoms with van der Waals surface area (Å²) in [5, 5.41) is 11.9. The number of nitrogens with zero attached hydrogens (tertiary/aromatic N) is 1. The van der Waals surface area contributed by atoms with Crippen molar-refractivity contribution in [3.05, 3.63) is 28.8 Å². The molecule has 1 aliphatic rings. The fourth-order valence-electron chi connectivity index (χ4n) is 1.97. The zero-order valence-electron chi connectivity index (χ0n) is 10.9. The second-order valence-corrected chi connectivity index (χ2v) is 4.95. The lowest BCUT2D eigenvalue weighted by atomic mass is 10.2. The summed E-state index contributed by atoms with van der Waals surface area (Å²) in [6.45, 7) is 3.34. The number of carboxylic acid groups (broad SMARTS) is 1. The van der Waals surface area contributed by atoms with E-state index in [0.29, 0.717) is 24.8 Å². The molecule has 1 saturated heterocycles. The van der Waals surface area contributed by atoms with Crippen LogP contribution in [0, 0.1) is 0 Å². The Balaban J connectivity index is 2.14. The molecule has 2 N–H and O–H groups in total. The minimum Gasteiger partial charge on any atom is -0.478 e. The van der Waals surface area contributed by atoms with E-state index < -0.39 is 5.97 Å². The fourth-order valence-corrected chi connectivity index (χ4v) is 2.13. The molecule has 1 atom stereocenters. The third-order valence-corrected chi connectivity index (χ3v) is 3.41. The van der Waals surface area contributed by atoms with Gasteiger partial charge in [0.2, 0.25) is 0 Å². The zero-order valence-corrected chi connectivity index (χ0v) is 11.7. The van der Waals surface area contributed by atoms with Gasteiger partial charge in [-0.05, 0) is 25.1 Å². The van der Waals surface area contributed by atoms with Crippen molar-refractivity contribution in [2.24, 2.45) is 0 Å². The van der Waals surface area contributed by atoms with Gasteiger partial charge in [-0.1, -0.05) is 11.6 Å². The molecule has 2 rings (SSSR count). The van der Waals surface area contributed by atoms with Gasteiger partial charge in [0.25, 0.3) is 0 Å². The molecule has 0 saturated carbocycles. The van der Waals surface area contributed by atoms with Crippen LogP contribution in [-0.4, -0.2) is 47.8 Å². The number of benzene rings is 1. The smallest absolute Gasteiger partial charge is 0.335 e. The van der Waals surface area contributed by atoms with Crippen LogP contribution in [0.2, 0.25) is 5.02 Å². The topological polar surface area (TPSA) is 78.9 Å². The molecule has 0 spiro atoms. The number of carbonyl (C=O) groups is 2. The van der Waals surface area contributed by atoms with Crippen LogP contribution in [0.4, 0.5) is 10.5 Å². The number of carbonyl (C=O) groups excluding carboxylic acids is 1. The minimum absolute atomic E-state index is 0.0369. The summed E-state index contributed by atoms with van der Waals surface area (Å²) in [6, 6.07) is 3.82. The van der Waals surface area contributed by atoms with Gasteiger partial charge in [0, 0.05) is 6.54 Å². The van der Waals surface area contributed by atoms with Crippen LogP contribution in [0.1, 0.15) is 17.3 Å². The summed E-state index contributed by atoms with van der Waals surface area (Å²) in [7, 11) is 0. The van der Waals surface area contributed by atoms with Crippen LogP contribution in [-0.2, 0) is 4.74 Å². The van der Waals surface area contributed by atoms with E-state index in [9.17, 15) is 9.59 Å². The highest BCUT2D eigenvalue weighted by Gasteiger charge is 2.24. The minimum atomic E-state index is -1.07. The Kier molecular flexibility index (Phi) is 4.46. The normalized spacial score (nSPS) is 18.7. The van der Waals surface area contributed by atoms with E-state index in [0.717, 1.165) is 0 Å². The standard InChI is InChI=1S/C13H15ClN2O4/c1-8-7-20-5-4-16(8)13(19)15-11-6-9(12(17)18)2-3-10(11)14/h2-3,6,8H,4-5,7H2,1H3,(H,15,19)(H,17,18). The molecule has 1 aliphatic heterocycles. The first-order valence-corrected chi connectivity index (χ1v) is 6.55. The second-order valence-electron chi connectivity index (χ2n) is 4.55. The van der Waals surface area contributed by atoms with Gasteiger partial charge in [0.1, 0.15) is 0 Å². The molecule has 1 fully saturated rings. The highest BCUT2D eigenvalue weighted by Crippen LogP contribution is 2.24. The number of aromatic carboxylic acids is 1. The maximum absolute atomic E-state index is 12.2. The number of anilines is 1. The van der Waals surface area contributed by atoms with Crippen molar-refractivity contribution in [3.63, 3.8) is 0 Å². The maximum Gasteiger partial charge on any atom is 0.335 e. The van der Waals surface area contributed by atoms with Crippen LogP contribution >= 0.6 is 11.6 Å². The Hall–Kier alpha value is -1.79. The van der Waals surface area contributed by atoms with Gasteiger partial charge in [-0.2, -0.15) is 0 Å². The molecule has 108 valence electrons. The van der Waals surface area contributed by atoms with Crippen molar-refractivity contribution in [1.29, 1.82) is 0 Å². The van der Waals surface area contributed by atoms with Crippen molar-refractivity contribution in [1.82, 2.24) is 4.90 Å². The van der Waals surface area contributed by atoms with Crippen molar-refractivity contribution in [2.75, 3.05) is 25.1 Å². The molecule has 20 heavy (non-hydrogen) atoms. The summed E-state index contributed by atoms with van der Waals surface area (Å²) in [5.41, 5.74) is 0.356. The average Bonchev–Trinajstić information content (AvgIpc) is 2.41. The maximum atomic E-state index is 12.2. The van der Waals surface area contributed by atoms with Crippen LogP contribution in [0.3, 0.4) is 0 Å². The SMILES string of the molecule is CC1COCCN1C(=O)Nc1cc(C(=O)O)ccc1Cl. The number of hydrogen-bond donors (Lipinski definition) is 2. The van der Waals surface area contributed by atoms with Crippen LogP contribution in [0.5, 0.6) is 0 Å². The molecule has 2 amide bonds. The number of urea groups is 1. The van der Waals surface area contributed by atoms with Crippen molar-refractivity contribution < 1.29 is 19.4 Å². The van der Waals surface area contributed by atoms with E-state index in [1.54, 1.807) is 4.90 Å². The summed E-state index contributed by atoms with van der Waals surface area (Å²) in [4.78, 5) is 24.7. The molecule has 0 radical (unpaired) electrons. The van der Waals surface area contributed by atoms with E-state index in [1.807, 2.05) is 6.92 Å². The van der Waals surface area contributed by atoms with Crippen molar-refractivity contribution in [2.45, 2.75) is 13.0 Å². The number of halogens is 1. The molecule has 1 unspecified atom stereocenters. The fraction of sp³-hybridized carbons (Fsp3) is 0.385. The molecule has 1 aromatic carbocycles. The summed E-state index contributed by atoms with van der Waals surface area (Å²) in [5.74, 6) is -1.07. The summed E-state index contributed by atoms with van der Waals surface area (Å²) >= 11 is 5.97. The van der Waals surface area contributed by atoms with E-state index in [-0.39, 0.29) is 23.3 Å². The number of hydrogen-bond acceptors (Lipinski definition) is 3. The number of nitrogens with one attached hydrogen (secondary N) is 1. The summed E-state index contributed by atoms with van der Waals surface area (Å²) < 4.78 is 5.26. The van der Waals surface area contributed by atoms with Gasteiger partial charge in [-0.3, -0.25) is 0 Å². The first kappa shape index (κ1) is 14.6. The zero-order chi connectivity index (χ0) is 14.7. The highest BCUT2D eigenvalue weighted by molar-refractivity contribution is 6.33. The lowest BCUT2D eigenvalue weighted by molar-refractivity contribution is 0.0222. The first-order valence-electron chi connectivity index (χ1n) is 6.17. The molecule has 1 heterocycles. The number of rotatable bonds is 2. The third kappa shape index (κ3) is 3.20. The van der Waals surface area contributed by atoms with E-state index in [2.05, 4.69) is 5.32 Å². The number of carboxylic acids is 1. The van der Waals surface area contributed by atoms with E-state index >= 15 is 0 Å². The highest BCUT2D eigenvalue weighted by atomic mass is 35.5. The van der Waals surface area contributed by atoms with Gasteiger partial charge < -0.3 is 20.1 Å². The van der Waals surface area contributed by atoms with Gasteiger partial charge in [0.05, 0.1) is 35.5 Å². The Morgan fingerprint density at radius 1 is 1.50 bits per heavy atom. The lowest BCUT2D eigenvalue weighted by Gasteiger charge is -2.33. The largest absolute Gasteiger partial charge is 0.478 e. The Labute approximate surface area is 121 Å². The first-order chi connectivity index (χ1) is 9.49. The monoisotopic (exact) mass is 298 g/mol. The van der Waals surface area contributed by atoms with Gasteiger partial charge >= 0.3 is 12.0 Å². The molecule has 7 heteroatoms. The lowest BCUT2D eigenvalue weighted by Crippen LogP contribution is -2.48. The Morgan fingerprint density at radius 3 is 2.90 bits per heavy atom. The van der Waals surface area contributed by atoms with Crippen molar-refractivity contribution >= 4 is 29.3 Å². The third-order valence-electron chi connectivity index (χ3n) is 3.08.